The zero-order valence-electron chi connectivity index (χ0n) is 13.0. The molecule has 0 aliphatic carbocycles. The number of carbonyl (C=O) groups excluding carboxylic acids is 2. The average molecular weight is 356 g/mol. The Kier molecular flexibility index (Phi) is 4.20. The lowest BCUT2D eigenvalue weighted by molar-refractivity contribution is -0.119. The molecule has 2 heterocycles. The van der Waals surface area contributed by atoms with E-state index in [1.807, 2.05) is 0 Å². The second kappa shape index (κ2) is 6.04. The molecular formula is C15H17FN2O5S. The summed E-state index contributed by atoms with van der Waals surface area (Å²) in [5, 5.41) is 2.56. The van der Waals surface area contributed by atoms with Crippen molar-refractivity contribution in [2.75, 3.05) is 29.5 Å². The molecular weight excluding hydrogens is 339 g/mol. The molecule has 1 atom stereocenters. The van der Waals surface area contributed by atoms with Crippen molar-refractivity contribution in [3.63, 3.8) is 0 Å². The fraction of sp³-hybridized carbons (Fsp3) is 0.467. The molecule has 0 radical (unpaired) electrons. The Morgan fingerprint density at radius 2 is 2.12 bits per heavy atom. The predicted octanol–water partition coefficient (Wildman–Crippen LogP) is 0.799. The molecule has 3 rings (SSSR count). The smallest absolute Gasteiger partial charge is 0.414 e. The van der Waals surface area contributed by atoms with Crippen LogP contribution in [0.5, 0.6) is 0 Å². The second-order valence-corrected chi connectivity index (χ2v) is 8.19. The monoisotopic (exact) mass is 356 g/mol. The molecule has 0 spiro atoms. The van der Waals surface area contributed by atoms with Crippen LogP contribution in [0.15, 0.2) is 18.2 Å². The third kappa shape index (κ3) is 3.35. The highest BCUT2D eigenvalue weighted by Gasteiger charge is 2.37. The number of amides is 2. The third-order valence-electron chi connectivity index (χ3n) is 4.10. The lowest BCUT2D eigenvalue weighted by Gasteiger charge is -2.26. The van der Waals surface area contributed by atoms with Crippen molar-refractivity contribution in [3.8, 4) is 0 Å². The number of carbonyl (C=O) groups is 2. The van der Waals surface area contributed by atoms with Crippen LogP contribution in [0, 0.1) is 5.82 Å². The van der Waals surface area contributed by atoms with Crippen LogP contribution in [0.2, 0.25) is 0 Å². The molecule has 9 heteroatoms. The Morgan fingerprint density at radius 1 is 1.42 bits per heavy atom. The van der Waals surface area contributed by atoms with E-state index in [0.717, 1.165) is 0 Å². The predicted molar refractivity (Wildman–Crippen MR) is 84.1 cm³/mol. The molecule has 2 saturated heterocycles. The van der Waals surface area contributed by atoms with Gasteiger partial charge in [-0.3, -0.25) is 9.69 Å². The second-order valence-electron chi connectivity index (χ2n) is 6.03. The number of hydrogen-bond acceptors (Lipinski definition) is 5. The maximum Gasteiger partial charge on any atom is 0.414 e. The number of rotatable bonds is 4. The Balaban J connectivity index is 1.70. The summed E-state index contributed by atoms with van der Waals surface area (Å²) in [6, 6.07) is 4.30. The number of halogens is 1. The maximum atomic E-state index is 14.3. The molecule has 7 nitrogen and oxygen atoms in total. The van der Waals surface area contributed by atoms with Crippen LogP contribution in [0.3, 0.4) is 0 Å². The van der Waals surface area contributed by atoms with Crippen LogP contribution in [-0.2, 0) is 19.4 Å². The number of sulfone groups is 1. The number of nitrogens with zero attached hydrogens (tertiary/aromatic N) is 1. The zero-order chi connectivity index (χ0) is 17.5. The van der Waals surface area contributed by atoms with Gasteiger partial charge in [0.15, 0.2) is 9.84 Å². The summed E-state index contributed by atoms with van der Waals surface area (Å²) in [5.74, 6) is -1.19. The molecule has 0 bridgehead atoms. The Labute approximate surface area is 138 Å². The Bertz CT molecular complexity index is 783. The minimum Gasteiger partial charge on any atom is -0.442 e. The maximum absolute atomic E-state index is 14.3. The quantitative estimate of drug-likeness (QED) is 0.861. The first-order valence-electron chi connectivity index (χ1n) is 7.47. The fourth-order valence-electron chi connectivity index (χ4n) is 2.86. The standard InChI is InChI=1S/C15H17FN2O5S/c1-9(19)17-5-12-6-18(15(20)23-12)11-2-3-13(14(16)4-11)10-7-24(21,22)8-10/h2-4,10,12H,5-8H2,1H3,(H,17,19)/t12-/m0/s1. The van der Waals surface area contributed by atoms with Gasteiger partial charge in [0.25, 0.3) is 0 Å². The van der Waals surface area contributed by atoms with E-state index in [-0.39, 0.29) is 36.4 Å². The summed E-state index contributed by atoms with van der Waals surface area (Å²) in [5.41, 5.74) is 0.685. The van der Waals surface area contributed by atoms with E-state index in [9.17, 15) is 22.4 Å². The zero-order valence-corrected chi connectivity index (χ0v) is 13.8. The Morgan fingerprint density at radius 3 is 2.71 bits per heavy atom. The molecule has 2 aliphatic heterocycles. The number of anilines is 1. The van der Waals surface area contributed by atoms with Crippen molar-refractivity contribution >= 4 is 27.5 Å². The lowest BCUT2D eigenvalue weighted by atomic mass is 10.0. The highest BCUT2D eigenvalue weighted by atomic mass is 32.2. The Hall–Kier alpha value is -2.16. The summed E-state index contributed by atoms with van der Waals surface area (Å²) in [4.78, 5) is 24.1. The van der Waals surface area contributed by atoms with Crippen LogP contribution in [-0.4, -0.2) is 51.1 Å². The topological polar surface area (TPSA) is 92.8 Å². The molecule has 24 heavy (non-hydrogen) atoms. The van der Waals surface area contributed by atoms with Gasteiger partial charge < -0.3 is 10.1 Å². The average Bonchev–Trinajstić information content (AvgIpc) is 2.83. The van der Waals surface area contributed by atoms with Gasteiger partial charge in [-0.2, -0.15) is 0 Å². The fourth-order valence-corrected chi connectivity index (χ4v) is 4.34. The van der Waals surface area contributed by atoms with Crippen LogP contribution in [0.1, 0.15) is 18.4 Å². The van der Waals surface area contributed by atoms with Crippen LogP contribution in [0.4, 0.5) is 14.9 Å². The van der Waals surface area contributed by atoms with Crippen molar-refractivity contribution in [2.45, 2.75) is 18.9 Å². The van der Waals surface area contributed by atoms with E-state index in [0.29, 0.717) is 11.3 Å². The van der Waals surface area contributed by atoms with Gasteiger partial charge in [0.05, 0.1) is 30.3 Å². The first-order chi connectivity index (χ1) is 11.2. The summed E-state index contributed by atoms with van der Waals surface area (Å²) in [6.07, 6.45) is -1.11. The van der Waals surface area contributed by atoms with Gasteiger partial charge in [-0.05, 0) is 17.7 Å². The molecule has 1 aromatic rings. The van der Waals surface area contributed by atoms with E-state index >= 15 is 0 Å². The van der Waals surface area contributed by atoms with Gasteiger partial charge in [0.2, 0.25) is 5.91 Å². The van der Waals surface area contributed by atoms with Gasteiger partial charge >= 0.3 is 6.09 Å². The molecule has 130 valence electrons. The molecule has 0 saturated carbocycles. The van der Waals surface area contributed by atoms with Crippen LogP contribution in [0.25, 0.3) is 0 Å². The van der Waals surface area contributed by atoms with Crippen molar-refractivity contribution in [2.24, 2.45) is 0 Å². The minimum atomic E-state index is -3.04. The van der Waals surface area contributed by atoms with Gasteiger partial charge in [0, 0.05) is 12.8 Å². The molecule has 2 aliphatic rings. The first kappa shape index (κ1) is 16.7. The summed E-state index contributed by atoms with van der Waals surface area (Å²) >= 11 is 0. The molecule has 0 aromatic heterocycles. The number of cyclic esters (lactones) is 1. The van der Waals surface area contributed by atoms with Crippen molar-refractivity contribution in [1.82, 2.24) is 5.32 Å². The van der Waals surface area contributed by atoms with Gasteiger partial charge in [0.1, 0.15) is 11.9 Å². The van der Waals surface area contributed by atoms with E-state index in [1.165, 1.54) is 24.0 Å². The van der Waals surface area contributed by atoms with Crippen molar-refractivity contribution < 1.29 is 27.1 Å². The molecule has 1 aromatic carbocycles. The molecule has 2 fully saturated rings. The van der Waals surface area contributed by atoms with Crippen molar-refractivity contribution in [1.29, 1.82) is 0 Å². The molecule has 2 amide bonds. The first-order valence-corrected chi connectivity index (χ1v) is 9.30. The number of benzene rings is 1. The summed E-state index contributed by atoms with van der Waals surface area (Å²) in [6.45, 7) is 1.76. The minimum absolute atomic E-state index is 0.0478. The summed E-state index contributed by atoms with van der Waals surface area (Å²) < 4.78 is 41.9. The number of hydrogen-bond donors (Lipinski definition) is 1. The SMILES string of the molecule is CC(=O)NC[C@H]1CN(c2ccc(C3CS(=O)(=O)C3)c(F)c2)C(=O)O1. The number of ether oxygens (including phenoxy) is 1. The van der Waals surface area contributed by atoms with E-state index in [4.69, 9.17) is 4.74 Å². The van der Waals surface area contributed by atoms with E-state index < -0.39 is 27.9 Å². The summed E-state index contributed by atoms with van der Waals surface area (Å²) in [7, 11) is -3.04. The van der Waals surface area contributed by atoms with Gasteiger partial charge in [-0.15, -0.1) is 0 Å². The molecule has 1 N–H and O–H groups in total. The van der Waals surface area contributed by atoms with Gasteiger partial charge in [-0.25, -0.2) is 17.6 Å². The highest BCUT2D eigenvalue weighted by molar-refractivity contribution is 7.92. The largest absolute Gasteiger partial charge is 0.442 e. The van der Waals surface area contributed by atoms with Crippen molar-refractivity contribution in [3.05, 3.63) is 29.6 Å². The highest BCUT2D eigenvalue weighted by Crippen LogP contribution is 2.33. The van der Waals surface area contributed by atoms with Gasteiger partial charge in [-0.1, -0.05) is 6.07 Å². The normalized spacial score (nSPS) is 22.8. The van der Waals surface area contributed by atoms with E-state index in [2.05, 4.69) is 5.32 Å². The van der Waals surface area contributed by atoms with E-state index in [1.54, 1.807) is 6.07 Å². The van der Waals surface area contributed by atoms with Crippen LogP contribution >= 0.6 is 0 Å². The van der Waals surface area contributed by atoms with Crippen LogP contribution < -0.4 is 10.2 Å². The number of nitrogens with one attached hydrogen (secondary N) is 1. The third-order valence-corrected chi connectivity index (χ3v) is 5.92. The lowest BCUT2D eigenvalue weighted by Crippen LogP contribution is -2.35. The molecule has 0 unspecified atom stereocenters.